The van der Waals surface area contributed by atoms with Crippen molar-refractivity contribution < 1.29 is 14.3 Å². The first-order valence-corrected chi connectivity index (χ1v) is 8.54. The Hall–Kier alpha value is -3.15. The molecule has 6 heteroatoms. The maximum absolute atomic E-state index is 12.0. The number of nitrogens with zero attached hydrogens (tertiary/aromatic N) is 2. The van der Waals surface area contributed by atoms with E-state index in [0.717, 1.165) is 22.5 Å². The lowest BCUT2D eigenvalue weighted by Crippen LogP contribution is -2.26. The second-order valence-corrected chi connectivity index (χ2v) is 5.86. The second-order valence-electron chi connectivity index (χ2n) is 5.86. The summed E-state index contributed by atoms with van der Waals surface area (Å²) in [4.78, 5) is 27.8. The minimum atomic E-state index is -0.337. The van der Waals surface area contributed by atoms with Gasteiger partial charge in [-0.05, 0) is 24.3 Å². The molecule has 0 bridgehead atoms. The van der Waals surface area contributed by atoms with Crippen LogP contribution in [0.25, 0.3) is 16.7 Å². The lowest BCUT2D eigenvalue weighted by atomic mass is 10.2. The first-order valence-electron chi connectivity index (χ1n) is 8.54. The lowest BCUT2D eigenvalue weighted by Gasteiger charge is -2.09. The van der Waals surface area contributed by atoms with Gasteiger partial charge in [0.25, 0.3) is 0 Å². The van der Waals surface area contributed by atoms with Gasteiger partial charge in [0.15, 0.2) is 0 Å². The van der Waals surface area contributed by atoms with Crippen LogP contribution in [0.1, 0.15) is 18.7 Å². The molecule has 1 heterocycles. The monoisotopic (exact) mass is 351 g/mol. The van der Waals surface area contributed by atoms with Gasteiger partial charge in [-0.2, -0.15) is 0 Å². The predicted molar refractivity (Wildman–Crippen MR) is 99.0 cm³/mol. The molecule has 134 valence electrons. The SMILES string of the molecule is COC(=O)CCNC(=O)CCc1nc2ccccc2n1-c1ccccc1. The van der Waals surface area contributed by atoms with E-state index in [1.807, 2.05) is 54.6 Å². The summed E-state index contributed by atoms with van der Waals surface area (Å²) in [7, 11) is 1.33. The van der Waals surface area contributed by atoms with Crippen molar-refractivity contribution in [3.63, 3.8) is 0 Å². The van der Waals surface area contributed by atoms with Crippen molar-refractivity contribution in [3.05, 3.63) is 60.4 Å². The van der Waals surface area contributed by atoms with E-state index in [0.29, 0.717) is 12.8 Å². The van der Waals surface area contributed by atoms with Gasteiger partial charge in [0.1, 0.15) is 5.82 Å². The van der Waals surface area contributed by atoms with Crippen molar-refractivity contribution in [2.45, 2.75) is 19.3 Å². The lowest BCUT2D eigenvalue weighted by molar-refractivity contribution is -0.140. The molecule has 0 saturated carbocycles. The molecule has 26 heavy (non-hydrogen) atoms. The molecule has 0 saturated heterocycles. The van der Waals surface area contributed by atoms with Gasteiger partial charge in [-0.25, -0.2) is 4.98 Å². The van der Waals surface area contributed by atoms with Crippen molar-refractivity contribution in [1.29, 1.82) is 0 Å². The van der Waals surface area contributed by atoms with E-state index in [2.05, 4.69) is 14.6 Å². The van der Waals surface area contributed by atoms with E-state index in [9.17, 15) is 9.59 Å². The summed E-state index contributed by atoms with van der Waals surface area (Å²) in [6.07, 6.45) is 0.982. The van der Waals surface area contributed by atoms with Crippen LogP contribution in [-0.2, 0) is 20.7 Å². The highest BCUT2D eigenvalue weighted by Gasteiger charge is 2.13. The van der Waals surface area contributed by atoms with Gasteiger partial charge in [0.2, 0.25) is 5.91 Å². The van der Waals surface area contributed by atoms with Crippen molar-refractivity contribution in [3.8, 4) is 5.69 Å². The molecule has 1 amide bonds. The zero-order valence-electron chi connectivity index (χ0n) is 14.6. The Labute approximate surface area is 151 Å². The summed E-state index contributed by atoms with van der Waals surface area (Å²) < 4.78 is 6.64. The number of hydrogen-bond acceptors (Lipinski definition) is 4. The van der Waals surface area contributed by atoms with Gasteiger partial charge in [-0.1, -0.05) is 30.3 Å². The Morgan fingerprint density at radius 1 is 1.04 bits per heavy atom. The van der Waals surface area contributed by atoms with E-state index >= 15 is 0 Å². The second kappa shape index (κ2) is 8.29. The number of methoxy groups -OCH3 is 1. The van der Waals surface area contributed by atoms with Gasteiger partial charge in [0, 0.05) is 25.1 Å². The van der Waals surface area contributed by atoms with Crippen LogP contribution < -0.4 is 5.32 Å². The molecule has 0 aliphatic rings. The fourth-order valence-corrected chi connectivity index (χ4v) is 2.83. The largest absolute Gasteiger partial charge is 0.469 e. The minimum Gasteiger partial charge on any atom is -0.469 e. The van der Waals surface area contributed by atoms with E-state index in [-0.39, 0.29) is 24.8 Å². The standard InChI is InChI=1S/C20H21N3O3/c1-26-20(25)13-14-21-19(24)12-11-18-22-16-9-5-6-10-17(16)23(18)15-7-3-2-4-8-15/h2-10H,11-14H2,1H3,(H,21,24). The summed E-state index contributed by atoms with van der Waals surface area (Å²) >= 11 is 0. The van der Waals surface area contributed by atoms with Crippen LogP contribution in [0, 0.1) is 0 Å². The van der Waals surface area contributed by atoms with Gasteiger partial charge < -0.3 is 10.1 Å². The van der Waals surface area contributed by atoms with Crippen molar-refractivity contribution in [2.24, 2.45) is 0 Å². The van der Waals surface area contributed by atoms with E-state index < -0.39 is 0 Å². The summed E-state index contributed by atoms with van der Waals surface area (Å²) in [5.41, 5.74) is 2.93. The maximum Gasteiger partial charge on any atom is 0.307 e. The van der Waals surface area contributed by atoms with Gasteiger partial charge >= 0.3 is 5.97 Å². The average molecular weight is 351 g/mol. The maximum atomic E-state index is 12.0. The van der Waals surface area contributed by atoms with Crippen molar-refractivity contribution in [2.75, 3.05) is 13.7 Å². The number of imidazole rings is 1. The van der Waals surface area contributed by atoms with Crippen LogP contribution in [0.5, 0.6) is 0 Å². The third-order valence-electron chi connectivity index (χ3n) is 4.10. The van der Waals surface area contributed by atoms with Crippen LogP contribution >= 0.6 is 0 Å². The molecule has 0 fully saturated rings. The van der Waals surface area contributed by atoms with Crippen LogP contribution in [-0.4, -0.2) is 35.1 Å². The number of fused-ring (bicyclic) bond motifs is 1. The molecule has 3 aromatic rings. The normalized spacial score (nSPS) is 10.7. The number of ether oxygens (including phenoxy) is 1. The van der Waals surface area contributed by atoms with E-state index in [1.54, 1.807) is 0 Å². The highest BCUT2D eigenvalue weighted by atomic mass is 16.5. The number of esters is 1. The topological polar surface area (TPSA) is 73.2 Å². The number of benzene rings is 2. The molecule has 6 nitrogen and oxygen atoms in total. The number of rotatable bonds is 7. The average Bonchev–Trinajstić information content (AvgIpc) is 3.05. The zero-order valence-corrected chi connectivity index (χ0v) is 14.6. The molecule has 0 aliphatic heterocycles. The summed E-state index contributed by atoms with van der Waals surface area (Å²) in [5.74, 6) is 0.386. The molecular formula is C20H21N3O3. The number of para-hydroxylation sites is 3. The molecule has 0 aliphatic carbocycles. The highest BCUT2D eigenvalue weighted by Crippen LogP contribution is 2.22. The molecule has 0 unspecified atom stereocenters. The number of nitrogens with one attached hydrogen (secondary N) is 1. The molecule has 0 spiro atoms. The van der Waals surface area contributed by atoms with Crippen LogP contribution in [0.15, 0.2) is 54.6 Å². The molecule has 1 aromatic heterocycles. The molecule has 0 atom stereocenters. The fourth-order valence-electron chi connectivity index (χ4n) is 2.83. The Balaban J connectivity index is 1.74. The number of hydrogen-bond donors (Lipinski definition) is 1. The predicted octanol–water partition coefficient (Wildman–Crippen LogP) is 2.64. The van der Waals surface area contributed by atoms with Gasteiger partial charge in [-0.3, -0.25) is 14.2 Å². The smallest absolute Gasteiger partial charge is 0.307 e. The Morgan fingerprint density at radius 3 is 2.54 bits per heavy atom. The Morgan fingerprint density at radius 2 is 1.77 bits per heavy atom. The Bertz CT molecular complexity index is 903. The number of carbonyl (C=O) groups excluding carboxylic acids is 2. The Kier molecular flexibility index (Phi) is 5.63. The molecule has 0 radical (unpaired) electrons. The van der Waals surface area contributed by atoms with E-state index in [4.69, 9.17) is 4.98 Å². The molecule has 1 N–H and O–H groups in total. The van der Waals surface area contributed by atoms with Crippen molar-refractivity contribution in [1.82, 2.24) is 14.9 Å². The number of carbonyl (C=O) groups is 2. The van der Waals surface area contributed by atoms with E-state index in [1.165, 1.54) is 7.11 Å². The molecular weight excluding hydrogens is 330 g/mol. The number of amides is 1. The third-order valence-corrected chi connectivity index (χ3v) is 4.10. The zero-order chi connectivity index (χ0) is 18.4. The molecule has 2 aromatic carbocycles. The van der Waals surface area contributed by atoms with Crippen molar-refractivity contribution >= 4 is 22.9 Å². The van der Waals surface area contributed by atoms with Crippen LogP contribution in [0.2, 0.25) is 0 Å². The van der Waals surface area contributed by atoms with Gasteiger partial charge in [-0.15, -0.1) is 0 Å². The first kappa shape index (κ1) is 17.7. The van der Waals surface area contributed by atoms with Crippen LogP contribution in [0.3, 0.4) is 0 Å². The molecule has 3 rings (SSSR count). The summed E-state index contributed by atoms with van der Waals surface area (Å²) in [5, 5.41) is 2.73. The fraction of sp³-hybridized carbons (Fsp3) is 0.250. The third kappa shape index (κ3) is 4.08. The number of aryl methyl sites for hydroxylation is 1. The van der Waals surface area contributed by atoms with Gasteiger partial charge in [0.05, 0.1) is 24.6 Å². The quantitative estimate of drug-likeness (QED) is 0.664. The highest BCUT2D eigenvalue weighted by molar-refractivity contribution is 5.79. The number of aromatic nitrogens is 2. The summed E-state index contributed by atoms with van der Waals surface area (Å²) in [6.45, 7) is 0.278. The minimum absolute atomic E-state index is 0.111. The summed E-state index contributed by atoms with van der Waals surface area (Å²) in [6, 6.07) is 17.9. The van der Waals surface area contributed by atoms with Crippen LogP contribution in [0.4, 0.5) is 0 Å². The first-order chi connectivity index (χ1) is 12.7.